The maximum absolute atomic E-state index is 13.3. The molecule has 4 nitrogen and oxygen atoms in total. The van der Waals surface area contributed by atoms with Crippen molar-refractivity contribution >= 4 is 11.6 Å². The monoisotopic (exact) mass is 382 g/mol. The number of carbonyl (C=O) groups is 1. The minimum Gasteiger partial charge on any atom is -0.482 e. The van der Waals surface area contributed by atoms with E-state index in [0.717, 1.165) is 56.0 Å². The zero-order chi connectivity index (χ0) is 19.3. The highest BCUT2D eigenvalue weighted by molar-refractivity contribution is 5.97. The molecule has 2 aliphatic rings. The fourth-order valence-electron chi connectivity index (χ4n) is 4.26. The van der Waals surface area contributed by atoms with Gasteiger partial charge in [0.2, 0.25) is 0 Å². The summed E-state index contributed by atoms with van der Waals surface area (Å²) in [6.07, 6.45) is 4.49. The van der Waals surface area contributed by atoms with Crippen LogP contribution in [0.4, 0.5) is 10.1 Å². The molecule has 0 saturated carbocycles. The van der Waals surface area contributed by atoms with E-state index in [-0.39, 0.29) is 18.3 Å². The smallest absolute Gasteiger partial charge is 0.265 e. The molecular formula is C23H27FN2O2. The summed E-state index contributed by atoms with van der Waals surface area (Å²) in [5.74, 6) is 1.39. The van der Waals surface area contributed by atoms with Gasteiger partial charge in [0.15, 0.2) is 6.61 Å². The van der Waals surface area contributed by atoms with Gasteiger partial charge in [0.25, 0.3) is 5.91 Å². The second-order valence-electron chi connectivity index (χ2n) is 7.79. The highest BCUT2D eigenvalue weighted by Gasteiger charge is 2.25. The predicted molar refractivity (Wildman–Crippen MR) is 108 cm³/mol. The van der Waals surface area contributed by atoms with E-state index in [9.17, 15) is 9.18 Å². The number of halogens is 1. The van der Waals surface area contributed by atoms with Gasteiger partial charge in [-0.3, -0.25) is 9.69 Å². The fraction of sp³-hybridized carbons (Fsp3) is 0.435. The summed E-state index contributed by atoms with van der Waals surface area (Å²) < 4.78 is 18.9. The van der Waals surface area contributed by atoms with E-state index in [1.165, 1.54) is 18.9 Å². The number of hydrogen-bond donors (Lipinski definition) is 0. The Bertz CT molecular complexity index is 818. The second-order valence-corrected chi connectivity index (χ2v) is 7.79. The number of amides is 1. The number of hydrogen-bond acceptors (Lipinski definition) is 3. The van der Waals surface area contributed by atoms with Crippen LogP contribution in [-0.4, -0.2) is 37.0 Å². The minimum absolute atomic E-state index is 0.0450. The molecular weight excluding hydrogens is 355 g/mol. The van der Waals surface area contributed by atoms with Crippen molar-refractivity contribution in [3.05, 3.63) is 59.9 Å². The summed E-state index contributed by atoms with van der Waals surface area (Å²) in [6, 6.07) is 14.7. The lowest BCUT2D eigenvalue weighted by atomic mass is 9.92. The van der Waals surface area contributed by atoms with Gasteiger partial charge in [0.05, 0.1) is 5.69 Å². The van der Waals surface area contributed by atoms with Crippen LogP contribution in [0.2, 0.25) is 0 Å². The van der Waals surface area contributed by atoms with Gasteiger partial charge in [-0.25, -0.2) is 4.39 Å². The van der Waals surface area contributed by atoms with E-state index >= 15 is 0 Å². The van der Waals surface area contributed by atoms with E-state index in [0.29, 0.717) is 5.92 Å². The Morgan fingerprint density at radius 3 is 2.71 bits per heavy atom. The van der Waals surface area contributed by atoms with Gasteiger partial charge in [0, 0.05) is 13.1 Å². The zero-order valence-electron chi connectivity index (χ0n) is 16.1. The number of anilines is 1. The van der Waals surface area contributed by atoms with Crippen molar-refractivity contribution in [2.75, 3.05) is 31.1 Å². The van der Waals surface area contributed by atoms with Gasteiger partial charge in [-0.1, -0.05) is 24.3 Å². The van der Waals surface area contributed by atoms with Crippen molar-refractivity contribution in [3.63, 3.8) is 0 Å². The summed E-state index contributed by atoms with van der Waals surface area (Å²) in [5.41, 5.74) is 1.94. The maximum Gasteiger partial charge on any atom is 0.265 e. The number of para-hydroxylation sites is 2. The SMILES string of the molecule is O=C1COc2ccccc2N1CCCC1CCN(Cc2cccc(F)c2)CC1. The van der Waals surface area contributed by atoms with E-state index in [2.05, 4.69) is 4.90 Å². The molecule has 0 N–H and O–H groups in total. The van der Waals surface area contributed by atoms with Gasteiger partial charge < -0.3 is 9.64 Å². The van der Waals surface area contributed by atoms with Gasteiger partial charge >= 0.3 is 0 Å². The molecule has 1 amide bonds. The van der Waals surface area contributed by atoms with Crippen LogP contribution in [0.5, 0.6) is 5.75 Å². The Balaban J connectivity index is 1.22. The van der Waals surface area contributed by atoms with Gasteiger partial charge in [-0.05, 0) is 74.5 Å². The molecule has 0 unspecified atom stereocenters. The van der Waals surface area contributed by atoms with Gasteiger partial charge in [0.1, 0.15) is 11.6 Å². The first-order valence-corrected chi connectivity index (χ1v) is 10.2. The summed E-state index contributed by atoms with van der Waals surface area (Å²) in [4.78, 5) is 16.5. The number of fused-ring (bicyclic) bond motifs is 1. The normalized spacial score (nSPS) is 18.0. The number of benzene rings is 2. The van der Waals surface area contributed by atoms with E-state index < -0.39 is 0 Å². The molecule has 2 aromatic carbocycles. The van der Waals surface area contributed by atoms with Crippen LogP contribution in [0.3, 0.4) is 0 Å². The van der Waals surface area contributed by atoms with Crippen molar-refractivity contribution in [2.45, 2.75) is 32.2 Å². The average Bonchev–Trinajstić information content (AvgIpc) is 2.71. The topological polar surface area (TPSA) is 32.8 Å². The maximum atomic E-state index is 13.3. The van der Waals surface area contributed by atoms with Gasteiger partial charge in [-0.15, -0.1) is 0 Å². The van der Waals surface area contributed by atoms with Crippen LogP contribution < -0.4 is 9.64 Å². The molecule has 0 aliphatic carbocycles. The van der Waals surface area contributed by atoms with Crippen molar-refractivity contribution in [2.24, 2.45) is 5.92 Å². The van der Waals surface area contributed by atoms with Crippen molar-refractivity contribution in [3.8, 4) is 5.75 Å². The molecule has 4 rings (SSSR count). The Kier molecular flexibility index (Phi) is 5.91. The molecule has 0 atom stereocenters. The fourth-order valence-corrected chi connectivity index (χ4v) is 4.26. The lowest BCUT2D eigenvalue weighted by Gasteiger charge is -2.33. The molecule has 0 radical (unpaired) electrons. The molecule has 0 spiro atoms. The van der Waals surface area contributed by atoms with E-state index in [1.54, 1.807) is 12.1 Å². The van der Waals surface area contributed by atoms with Crippen LogP contribution in [0.25, 0.3) is 0 Å². The van der Waals surface area contributed by atoms with Crippen molar-refractivity contribution < 1.29 is 13.9 Å². The standard InChI is InChI=1S/C23H27FN2O2/c24-20-7-3-5-19(15-20)16-25-13-10-18(11-14-25)6-4-12-26-21-8-1-2-9-22(21)28-17-23(26)27/h1-3,5,7-9,15,18H,4,6,10-14,16-17H2. The lowest BCUT2D eigenvalue weighted by molar-refractivity contribution is -0.121. The molecule has 1 saturated heterocycles. The van der Waals surface area contributed by atoms with Crippen LogP contribution in [0.15, 0.2) is 48.5 Å². The molecule has 2 aliphatic heterocycles. The molecule has 28 heavy (non-hydrogen) atoms. The Hall–Kier alpha value is -2.40. The van der Waals surface area contributed by atoms with Crippen LogP contribution in [0, 0.1) is 11.7 Å². The second kappa shape index (κ2) is 8.74. The quantitative estimate of drug-likeness (QED) is 0.749. The predicted octanol–water partition coefficient (Wildman–Crippen LogP) is 4.24. The van der Waals surface area contributed by atoms with E-state index in [4.69, 9.17) is 4.74 Å². The summed E-state index contributed by atoms with van der Waals surface area (Å²) in [6.45, 7) is 3.82. The first-order valence-electron chi connectivity index (χ1n) is 10.2. The molecule has 2 heterocycles. The first-order chi connectivity index (χ1) is 13.7. The Labute approximate surface area is 165 Å². The summed E-state index contributed by atoms with van der Waals surface area (Å²) in [7, 11) is 0. The van der Waals surface area contributed by atoms with Crippen LogP contribution in [-0.2, 0) is 11.3 Å². The number of nitrogens with zero attached hydrogens (tertiary/aromatic N) is 2. The zero-order valence-corrected chi connectivity index (χ0v) is 16.1. The van der Waals surface area contributed by atoms with Crippen LogP contribution in [0.1, 0.15) is 31.2 Å². The number of likely N-dealkylation sites (tertiary alicyclic amines) is 1. The van der Waals surface area contributed by atoms with Crippen LogP contribution >= 0.6 is 0 Å². The molecule has 1 fully saturated rings. The summed E-state index contributed by atoms with van der Waals surface area (Å²) in [5, 5.41) is 0. The summed E-state index contributed by atoms with van der Waals surface area (Å²) >= 11 is 0. The highest BCUT2D eigenvalue weighted by atomic mass is 19.1. The number of rotatable bonds is 6. The number of piperidine rings is 1. The third kappa shape index (κ3) is 4.53. The van der Waals surface area contributed by atoms with Crippen molar-refractivity contribution in [1.29, 1.82) is 0 Å². The molecule has 5 heteroatoms. The molecule has 0 aromatic heterocycles. The minimum atomic E-state index is -0.161. The van der Waals surface area contributed by atoms with Crippen molar-refractivity contribution in [1.82, 2.24) is 4.90 Å². The molecule has 148 valence electrons. The Morgan fingerprint density at radius 2 is 1.89 bits per heavy atom. The molecule has 2 aromatic rings. The largest absolute Gasteiger partial charge is 0.482 e. The average molecular weight is 382 g/mol. The number of carbonyl (C=O) groups excluding carboxylic acids is 1. The lowest BCUT2D eigenvalue weighted by Crippen LogP contribution is -2.39. The first kappa shape index (κ1) is 18.9. The molecule has 0 bridgehead atoms. The van der Waals surface area contributed by atoms with Gasteiger partial charge in [-0.2, -0.15) is 0 Å². The third-order valence-corrected chi connectivity index (χ3v) is 5.80. The highest BCUT2D eigenvalue weighted by Crippen LogP contribution is 2.32. The Morgan fingerprint density at radius 1 is 1.07 bits per heavy atom. The third-order valence-electron chi connectivity index (χ3n) is 5.80. The van der Waals surface area contributed by atoms with E-state index in [1.807, 2.05) is 35.2 Å². The number of ether oxygens (including phenoxy) is 1.